The maximum absolute atomic E-state index is 5.81. The standard InChI is InChI=1S/C12H24ClN3O/c1-14-8-9-17-12(10-14)11-16-6-4-15(3-2-13)5-7-16/h12H,2-11H2,1H3. The van der Waals surface area contributed by atoms with Gasteiger partial charge in [0, 0.05) is 58.2 Å². The topological polar surface area (TPSA) is 19.0 Å². The monoisotopic (exact) mass is 261 g/mol. The summed E-state index contributed by atoms with van der Waals surface area (Å²) in [5, 5.41) is 0. The molecule has 0 N–H and O–H groups in total. The van der Waals surface area contributed by atoms with E-state index in [1.165, 1.54) is 0 Å². The molecule has 100 valence electrons. The van der Waals surface area contributed by atoms with E-state index in [9.17, 15) is 0 Å². The average Bonchev–Trinajstić information content (AvgIpc) is 2.32. The van der Waals surface area contributed by atoms with Crippen LogP contribution in [0.2, 0.25) is 0 Å². The Balaban J connectivity index is 1.67. The Bertz CT molecular complexity index is 222. The molecular formula is C12H24ClN3O. The third-order valence-corrected chi connectivity index (χ3v) is 3.84. The first-order chi connectivity index (χ1) is 8.28. The van der Waals surface area contributed by atoms with Gasteiger partial charge in [-0.25, -0.2) is 0 Å². The zero-order valence-corrected chi connectivity index (χ0v) is 11.5. The number of morpholine rings is 1. The zero-order valence-electron chi connectivity index (χ0n) is 10.8. The molecule has 1 atom stereocenters. The van der Waals surface area contributed by atoms with Gasteiger partial charge in [-0.3, -0.25) is 9.80 Å². The molecule has 5 heteroatoms. The SMILES string of the molecule is CN1CCOC(CN2CCN(CCCl)CC2)C1. The lowest BCUT2D eigenvalue weighted by atomic mass is 10.2. The molecule has 0 spiro atoms. The molecule has 0 bridgehead atoms. The molecule has 17 heavy (non-hydrogen) atoms. The second-order valence-corrected chi connectivity index (χ2v) is 5.46. The number of rotatable bonds is 4. The van der Waals surface area contributed by atoms with Crippen LogP contribution in [0.15, 0.2) is 0 Å². The van der Waals surface area contributed by atoms with Gasteiger partial charge in [-0.15, -0.1) is 11.6 Å². The van der Waals surface area contributed by atoms with E-state index >= 15 is 0 Å². The van der Waals surface area contributed by atoms with E-state index < -0.39 is 0 Å². The molecule has 0 radical (unpaired) electrons. The first-order valence-electron chi connectivity index (χ1n) is 6.59. The van der Waals surface area contributed by atoms with Crippen molar-refractivity contribution in [2.75, 3.05) is 71.9 Å². The Labute approximate surface area is 109 Å². The van der Waals surface area contributed by atoms with Crippen molar-refractivity contribution in [3.8, 4) is 0 Å². The average molecular weight is 262 g/mol. The van der Waals surface area contributed by atoms with Crippen molar-refractivity contribution in [2.45, 2.75) is 6.10 Å². The predicted molar refractivity (Wildman–Crippen MR) is 70.8 cm³/mol. The van der Waals surface area contributed by atoms with Gasteiger partial charge in [-0.05, 0) is 7.05 Å². The predicted octanol–water partition coefficient (Wildman–Crippen LogP) is 0.173. The summed E-state index contributed by atoms with van der Waals surface area (Å²) in [6.45, 7) is 9.73. The Morgan fingerprint density at radius 2 is 1.82 bits per heavy atom. The highest BCUT2D eigenvalue weighted by Crippen LogP contribution is 2.08. The summed E-state index contributed by atoms with van der Waals surface area (Å²) >= 11 is 5.76. The number of hydrogen-bond acceptors (Lipinski definition) is 4. The summed E-state index contributed by atoms with van der Waals surface area (Å²) < 4.78 is 5.81. The summed E-state index contributed by atoms with van der Waals surface area (Å²) in [5.74, 6) is 0.747. The minimum Gasteiger partial charge on any atom is -0.374 e. The molecule has 2 heterocycles. The smallest absolute Gasteiger partial charge is 0.0829 e. The van der Waals surface area contributed by atoms with Crippen molar-refractivity contribution in [1.82, 2.24) is 14.7 Å². The number of ether oxygens (including phenoxy) is 1. The first-order valence-corrected chi connectivity index (χ1v) is 7.12. The van der Waals surface area contributed by atoms with Gasteiger partial charge in [0.25, 0.3) is 0 Å². The number of halogens is 1. The largest absolute Gasteiger partial charge is 0.374 e. The normalized spacial score (nSPS) is 29.6. The van der Waals surface area contributed by atoms with Gasteiger partial charge in [0.1, 0.15) is 0 Å². The molecule has 0 aliphatic carbocycles. The van der Waals surface area contributed by atoms with Crippen molar-refractivity contribution in [2.24, 2.45) is 0 Å². The number of hydrogen-bond donors (Lipinski definition) is 0. The van der Waals surface area contributed by atoms with E-state index in [4.69, 9.17) is 16.3 Å². The van der Waals surface area contributed by atoms with Crippen LogP contribution in [0.4, 0.5) is 0 Å². The lowest BCUT2D eigenvalue weighted by molar-refractivity contribution is -0.0408. The van der Waals surface area contributed by atoms with Crippen LogP contribution in [0.5, 0.6) is 0 Å². The van der Waals surface area contributed by atoms with E-state index in [-0.39, 0.29) is 0 Å². The molecule has 0 saturated carbocycles. The summed E-state index contributed by atoms with van der Waals surface area (Å²) in [6, 6.07) is 0. The summed E-state index contributed by atoms with van der Waals surface area (Å²) in [4.78, 5) is 7.32. The number of piperazine rings is 1. The zero-order chi connectivity index (χ0) is 12.1. The molecular weight excluding hydrogens is 238 g/mol. The van der Waals surface area contributed by atoms with Gasteiger partial charge < -0.3 is 9.64 Å². The first kappa shape index (κ1) is 13.6. The minimum atomic E-state index is 0.397. The van der Waals surface area contributed by atoms with Crippen molar-refractivity contribution >= 4 is 11.6 Å². The molecule has 0 aromatic rings. The van der Waals surface area contributed by atoms with Gasteiger partial charge in [-0.2, -0.15) is 0 Å². The van der Waals surface area contributed by atoms with Gasteiger partial charge in [-0.1, -0.05) is 0 Å². The molecule has 0 aromatic carbocycles. The molecule has 4 nitrogen and oxygen atoms in total. The highest BCUT2D eigenvalue weighted by molar-refractivity contribution is 6.18. The summed E-state index contributed by atoms with van der Waals surface area (Å²) in [7, 11) is 2.17. The van der Waals surface area contributed by atoms with Crippen LogP contribution in [0, 0.1) is 0 Å². The number of alkyl halides is 1. The van der Waals surface area contributed by atoms with Crippen molar-refractivity contribution in [3.05, 3.63) is 0 Å². The Kier molecular flexibility index (Phi) is 5.50. The highest BCUT2D eigenvalue weighted by Gasteiger charge is 2.23. The second kappa shape index (κ2) is 6.90. The maximum atomic E-state index is 5.81. The quantitative estimate of drug-likeness (QED) is 0.672. The van der Waals surface area contributed by atoms with Crippen molar-refractivity contribution in [1.29, 1.82) is 0 Å². The lowest BCUT2D eigenvalue weighted by Gasteiger charge is -2.38. The third kappa shape index (κ3) is 4.38. The fourth-order valence-corrected chi connectivity index (χ4v) is 2.82. The van der Waals surface area contributed by atoms with Crippen LogP contribution in [0.1, 0.15) is 0 Å². The molecule has 2 aliphatic rings. The van der Waals surface area contributed by atoms with Gasteiger partial charge in [0.2, 0.25) is 0 Å². The van der Waals surface area contributed by atoms with Gasteiger partial charge >= 0.3 is 0 Å². The third-order valence-electron chi connectivity index (χ3n) is 3.67. The maximum Gasteiger partial charge on any atom is 0.0829 e. The number of nitrogens with zero attached hydrogens (tertiary/aromatic N) is 3. The number of likely N-dealkylation sites (N-methyl/N-ethyl adjacent to an activating group) is 1. The molecule has 2 rings (SSSR count). The summed E-state index contributed by atoms with van der Waals surface area (Å²) in [5.41, 5.74) is 0. The van der Waals surface area contributed by atoms with Crippen LogP contribution in [0.25, 0.3) is 0 Å². The Hall–Kier alpha value is 0.130. The second-order valence-electron chi connectivity index (χ2n) is 5.09. The molecule has 2 fully saturated rings. The molecule has 1 unspecified atom stereocenters. The molecule has 2 aliphatic heterocycles. The van der Waals surface area contributed by atoms with Crippen molar-refractivity contribution < 1.29 is 4.74 Å². The fraction of sp³-hybridized carbons (Fsp3) is 1.00. The lowest BCUT2D eigenvalue weighted by Crippen LogP contribution is -2.52. The summed E-state index contributed by atoms with van der Waals surface area (Å²) in [6.07, 6.45) is 0.397. The van der Waals surface area contributed by atoms with Crippen LogP contribution < -0.4 is 0 Å². The van der Waals surface area contributed by atoms with E-state index in [1.807, 2.05) is 0 Å². The van der Waals surface area contributed by atoms with E-state index in [0.29, 0.717) is 6.10 Å². The van der Waals surface area contributed by atoms with E-state index in [1.54, 1.807) is 0 Å². The molecule has 0 amide bonds. The Morgan fingerprint density at radius 3 is 2.47 bits per heavy atom. The molecule has 2 saturated heterocycles. The van der Waals surface area contributed by atoms with E-state index in [2.05, 4.69) is 21.7 Å². The Morgan fingerprint density at radius 1 is 1.12 bits per heavy atom. The minimum absolute atomic E-state index is 0.397. The van der Waals surface area contributed by atoms with Gasteiger partial charge in [0.05, 0.1) is 12.7 Å². The van der Waals surface area contributed by atoms with E-state index in [0.717, 1.165) is 64.8 Å². The van der Waals surface area contributed by atoms with Crippen LogP contribution in [-0.4, -0.2) is 92.7 Å². The van der Waals surface area contributed by atoms with Crippen LogP contribution in [-0.2, 0) is 4.74 Å². The van der Waals surface area contributed by atoms with Gasteiger partial charge in [0.15, 0.2) is 0 Å². The fourth-order valence-electron chi connectivity index (χ4n) is 2.58. The van der Waals surface area contributed by atoms with Crippen molar-refractivity contribution in [3.63, 3.8) is 0 Å². The highest BCUT2D eigenvalue weighted by atomic mass is 35.5. The van der Waals surface area contributed by atoms with Crippen LogP contribution in [0.3, 0.4) is 0 Å². The molecule has 0 aromatic heterocycles. The van der Waals surface area contributed by atoms with Crippen LogP contribution >= 0.6 is 11.6 Å².